The van der Waals surface area contributed by atoms with Crippen LogP contribution in [0, 0.1) is 5.92 Å². The number of halogens is 1. The third kappa shape index (κ3) is 3.92. The number of benzene rings is 1. The van der Waals surface area contributed by atoms with E-state index in [-0.39, 0.29) is 11.8 Å². The summed E-state index contributed by atoms with van der Waals surface area (Å²) in [5, 5.41) is 0.766. The van der Waals surface area contributed by atoms with E-state index in [0.29, 0.717) is 0 Å². The summed E-state index contributed by atoms with van der Waals surface area (Å²) in [4.78, 5) is 23.9. The maximum Gasteiger partial charge on any atom is 0.232 e. The third-order valence-electron chi connectivity index (χ3n) is 5.15. The fraction of sp³-hybridized carbons (Fsp3) is 0.579. The van der Waals surface area contributed by atoms with E-state index in [4.69, 9.17) is 11.6 Å². The second kappa shape index (κ2) is 8.09. The number of carbonyl (C=O) groups is 1. The molecule has 2 aliphatic heterocycles. The first kappa shape index (κ1) is 18.1. The molecule has 1 aromatic rings. The zero-order valence-corrected chi connectivity index (χ0v) is 15.9. The standard InChI is InChI=1S/C19H27ClN4O/c1-3-15(4-2)18(25)24-9-8-21-19(24)23-12-10-22(11-13-23)17-7-5-6-16(20)14-17/h5-7,14-15H,3-4,8-13H2,1-2H3. The number of nitrogens with zero attached hydrogens (tertiary/aromatic N) is 4. The van der Waals surface area contributed by atoms with E-state index in [2.05, 4.69) is 34.7 Å². The molecule has 136 valence electrons. The Balaban J connectivity index is 1.63. The van der Waals surface area contributed by atoms with Crippen molar-refractivity contribution < 1.29 is 4.79 Å². The number of amides is 1. The van der Waals surface area contributed by atoms with Gasteiger partial charge in [-0.15, -0.1) is 0 Å². The highest BCUT2D eigenvalue weighted by molar-refractivity contribution is 6.30. The van der Waals surface area contributed by atoms with E-state index < -0.39 is 0 Å². The molecule has 0 aromatic heterocycles. The highest BCUT2D eigenvalue weighted by Crippen LogP contribution is 2.22. The molecular formula is C19H27ClN4O. The minimum atomic E-state index is 0.107. The van der Waals surface area contributed by atoms with Gasteiger partial charge in [-0.05, 0) is 31.0 Å². The normalized spacial score (nSPS) is 18.1. The Morgan fingerprint density at radius 2 is 1.80 bits per heavy atom. The summed E-state index contributed by atoms with van der Waals surface area (Å²) < 4.78 is 0. The lowest BCUT2D eigenvalue weighted by Crippen LogP contribution is -2.54. The Hall–Kier alpha value is -1.75. The van der Waals surface area contributed by atoms with Crippen molar-refractivity contribution in [3.63, 3.8) is 0 Å². The van der Waals surface area contributed by atoms with Crippen molar-refractivity contribution in [3.8, 4) is 0 Å². The van der Waals surface area contributed by atoms with Crippen molar-refractivity contribution >= 4 is 29.2 Å². The lowest BCUT2D eigenvalue weighted by atomic mass is 10.0. The quantitative estimate of drug-likeness (QED) is 0.826. The van der Waals surface area contributed by atoms with Crippen molar-refractivity contribution in [1.82, 2.24) is 9.80 Å². The van der Waals surface area contributed by atoms with Crippen LogP contribution in [-0.2, 0) is 4.79 Å². The van der Waals surface area contributed by atoms with Crippen molar-refractivity contribution in [2.45, 2.75) is 26.7 Å². The van der Waals surface area contributed by atoms with E-state index in [1.54, 1.807) is 0 Å². The van der Waals surface area contributed by atoms with Gasteiger partial charge < -0.3 is 9.80 Å². The van der Waals surface area contributed by atoms with E-state index in [9.17, 15) is 4.79 Å². The first-order valence-electron chi connectivity index (χ1n) is 9.25. The molecular weight excluding hydrogens is 336 g/mol. The minimum absolute atomic E-state index is 0.107. The first-order valence-corrected chi connectivity index (χ1v) is 9.63. The smallest absolute Gasteiger partial charge is 0.232 e. The summed E-state index contributed by atoms with van der Waals surface area (Å²) in [6, 6.07) is 7.99. The summed E-state index contributed by atoms with van der Waals surface area (Å²) >= 11 is 6.11. The number of anilines is 1. The van der Waals surface area contributed by atoms with Gasteiger partial charge in [0.15, 0.2) is 0 Å². The van der Waals surface area contributed by atoms with Crippen LogP contribution in [-0.4, -0.2) is 60.9 Å². The predicted octanol–water partition coefficient (Wildman–Crippen LogP) is 3.10. The SMILES string of the molecule is CCC(CC)C(=O)N1CCN=C1N1CCN(c2cccc(Cl)c2)CC1. The summed E-state index contributed by atoms with van der Waals surface area (Å²) in [6.45, 7) is 9.18. The number of hydrogen-bond donors (Lipinski definition) is 0. The molecule has 0 atom stereocenters. The van der Waals surface area contributed by atoms with Crippen molar-refractivity contribution in [1.29, 1.82) is 0 Å². The summed E-state index contributed by atoms with van der Waals surface area (Å²) in [5.74, 6) is 1.22. The van der Waals surface area contributed by atoms with E-state index in [1.807, 2.05) is 23.1 Å². The highest BCUT2D eigenvalue weighted by Gasteiger charge is 2.32. The second-order valence-electron chi connectivity index (χ2n) is 6.64. The second-order valence-corrected chi connectivity index (χ2v) is 7.08. The molecule has 25 heavy (non-hydrogen) atoms. The molecule has 0 aliphatic carbocycles. The van der Waals surface area contributed by atoms with Gasteiger partial charge in [0.05, 0.1) is 6.54 Å². The number of hydrogen-bond acceptors (Lipinski definition) is 4. The molecule has 5 nitrogen and oxygen atoms in total. The van der Waals surface area contributed by atoms with Gasteiger partial charge in [-0.3, -0.25) is 14.7 Å². The Kier molecular flexibility index (Phi) is 5.84. The molecule has 0 unspecified atom stereocenters. The number of rotatable bonds is 4. The molecule has 2 heterocycles. The Bertz CT molecular complexity index is 636. The molecule has 3 rings (SSSR count). The number of aliphatic imine (C=N–C) groups is 1. The van der Waals surface area contributed by atoms with Gasteiger partial charge in [0, 0.05) is 49.4 Å². The molecule has 1 aromatic carbocycles. The molecule has 0 spiro atoms. The average molecular weight is 363 g/mol. The van der Waals surface area contributed by atoms with E-state index in [0.717, 1.165) is 68.8 Å². The fourth-order valence-electron chi connectivity index (χ4n) is 3.61. The van der Waals surface area contributed by atoms with Gasteiger partial charge in [-0.25, -0.2) is 0 Å². The Labute approximate surface area is 155 Å². The maximum atomic E-state index is 12.8. The van der Waals surface area contributed by atoms with Gasteiger partial charge in [-0.2, -0.15) is 0 Å². The van der Waals surface area contributed by atoms with Crippen LogP contribution in [0.25, 0.3) is 0 Å². The van der Waals surface area contributed by atoms with Crippen LogP contribution in [0.5, 0.6) is 0 Å². The zero-order chi connectivity index (χ0) is 17.8. The maximum absolute atomic E-state index is 12.8. The van der Waals surface area contributed by atoms with Crippen LogP contribution < -0.4 is 4.90 Å². The molecule has 1 amide bonds. The minimum Gasteiger partial charge on any atom is -0.368 e. The number of piperazine rings is 1. The lowest BCUT2D eigenvalue weighted by molar-refractivity contribution is -0.131. The average Bonchev–Trinajstić information content (AvgIpc) is 3.12. The number of guanidine groups is 1. The molecule has 6 heteroatoms. The van der Waals surface area contributed by atoms with Gasteiger partial charge in [-0.1, -0.05) is 31.5 Å². The van der Waals surface area contributed by atoms with Crippen molar-refractivity contribution in [2.75, 3.05) is 44.2 Å². The van der Waals surface area contributed by atoms with Gasteiger partial charge in [0.1, 0.15) is 0 Å². The molecule has 0 radical (unpaired) electrons. The highest BCUT2D eigenvalue weighted by atomic mass is 35.5. The summed E-state index contributed by atoms with van der Waals surface area (Å²) in [7, 11) is 0. The first-order chi connectivity index (χ1) is 12.1. The fourth-order valence-corrected chi connectivity index (χ4v) is 3.80. The molecule has 1 saturated heterocycles. The molecule has 0 N–H and O–H groups in total. The Morgan fingerprint density at radius 3 is 2.44 bits per heavy atom. The van der Waals surface area contributed by atoms with Crippen LogP contribution in [0.3, 0.4) is 0 Å². The van der Waals surface area contributed by atoms with Crippen molar-refractivity contribution in [2.24, 2.45) is 10.9 Å². The molecule has 0 bridgehead atoms. The molecule has 0 saturated carbocycles. The lowest BCUT2D eigenvalue weighted by Gasteiger charge is -2.39. The van der Waals surface area contributed by atoms with Crippen LogP contribution >= 0.6 is 11.6 Å². The van der Waals surface area contributed by atoms with E-state index >= 15 is 0 Å². The Morgan fingerprint density at radius 1 is 1.12 bits per heavy atom. The van der Waals surface area contributed by atoms with Crippen LogP contribution in [0.15, 0.2) is 29.3 Å². The number of carbonyl (C=O) groups excluding carboxylic acids is 1. The van der Waals surface area contributed by atoms with Gasteiger partial charge in [0.25, 0.3) is 0 Å². The van der Waals surface area contributed by atoms with Crippen LogP contribution in [0.1, 0.15) is 26.7 Å². The topological polar surface area (TPSA) is 39.2 Å². The van der Waals surface area contributed by atoms with Crippen LogP contribution in [0.4, 0.5) is 5.69 Å². The zero-order valence-electron chi connectivity index (χ0n) is 15.1. The van der Waals surface area contributed by atoms with Gasteiger partial charge in [0.2, 0.25) is 11.9 Å². The summed E-state index contributed by atoms with van der Waals surface area (Å²) in [5.41, 5.74) is 1.16. The van der Waals surface area contributed by atoms with E-state index in [1.165, 1.54) is 0 Å². The largest absolute Gasteiger partial charge is 0.368 e. The van der Waals surface area contributed by atoms with Crippen molar-refractivity contribution in [3.05, 3.63) is 29.3 Å². The summed E-state index contributed by atoms with van der Waals surface area (Å²) in [6.07, 6.45) is 1.78. The van der Waals surface area contributed by atoms with Crippen LogP contribution in [0.2, 0.25) is 5.02 Å². The molecule has 1 fully saturated rings. The van der Waals surface area contributed by atoms with Gasteiger partial charge >= 0.3 is 0 Å². The third-order valence-corrected chi connectivity index (χ3v) is 5.39. The monoisotopic (exact) mass is 362 g/mol. The molecule has 2 aliphatic rings. The predicted molar refractivity (Wildman–Crippen MR) is 103 cm³/mol.